The van der Waals surface area contributed by atoms with Crippen LogP contribution in [0.3, 0.4) is 0 Å². The number of amides is 2. The van der Waals surface area contributed by atoms with Crippen molar-refractivity contribution in [2.75, 3.05) is 13.1 Å². The third kappa shape index (κ3) is 4.98. The van der Waals surface area contributed by atoms with E-state index in [9.17, 15) is 14.4 Å². The highest BCUT2D eigenvalue weighted by Crippen LogP contribution is 2.13. The Hall–Kier alpha value is -2.57. The Labute approximate surface area is 134 Å². The van der Waals surface area contributed by atoms with Gasteiger partial charge in [-0.25, -0.2) is 29.4 Å². The molecule has 1 heterocycles. The van der Waals surface area contributed by atoms with Gasteiger partial charge in [-0.2, -0.15) is 0 Å². The van der Waals surface area contributed by atoms with E-state index in [4.69, 9.17) is 0 Å². The maximum Gasteiger partial charge on any atom is 0.471 e. The van der Waals surface area contributed by atoms with E-state index in [1.165, 1.54) is 11.9 Å². The first-order valence-corrected chi connectivity index (χ1v) is 7.58. The van der Waals surface area contributed by atoms with E-state index in [0.29, 0.717) is 19.5 Å². The van der Waals surface area contributed by atoms with Crippen molar-refractivity contribution in [2.45, 2.75) is 32.6 Å². The lowest BCUT2D eigenvalue weighted by atomic mass is 10.1. The summed E-state index contributed by atoms with van der Waals surface area (Å²) >= 11 is 0. The van der Waals surface area contributed by atoms with Gasteiger partial charge in [0.1, 0.15) is 0 Å². The van der Waals surface area contributed by atoms with Crippen molar-refractivity contribution >= 4 is 18.0 Å². The minimum atomic E-state index is -0.854. The van der Waals surface area contributed by atoms with Crippen LogP contribution < -0.4 is 0 Å². The number of hydrogen-bond acceptors (Lipinski definition) is 5. The lowest BCUT2D eigenvalue weighted by molar-refractivity contribution is -0.244. The van der Waals surface area contributed by atoms with Gasteiger partial charge in [-0.05, 0) is 24.8 Å². The maximum atomic E-state index is 11.9. The summed E-state index contributed by atoms with van der Waals surface area (Å²) in [5.74, 6) is -0.884. The summed E-state index contributed by atoms with van der Waals surface area (Å²) in [6.07, 6.45) is 1.34. The number of rotatable bonds is 3. The molecule has 0 N–H and O–H groups in total. The Bertz CT molecular complexity index is 561. The molecule has 0 saturated carbocycles. The fourth-order valence-electron chi connectivity index (χ4n) is 2.34. The fraction of sp³-hybridized carbons (Fsp3) is 0.438. The summed E-state index contributed by atoms with van der Waals surface area (Å²) in [5.41, 5.74) is 0.995. The van der Waals surface area contributed by atoms with Gasteiger partial charge in [-0.15, -0.1) is 0 Å². The zero-order valence-electron chi connectivity index (χ0n) is 13.1. The first kappa shape index (κ1) is 16.8. The third-order valence-electron chi connectivity index (χ3n) is 3.52. The second-order valence-electron chi connectivity index (χ2n) is 5.26. The number of benzene rings is 1. The molecule has 7 nitrogen and oxygen atoms in total. The van der Waals surface area contributed by atoms with Crippen molar-refractivity contribution in [1.82, 2.24) is 10.0 Å². The van der Waals surface area contributed by atoms with Crippen molar-refractivity contribution < 1.29 is 24.2 Å². The van der Waals surface area contributed by atoms with Crippen LogP contribution in [0.15, 0.2) is 30.3 Å². The normalized spacial score (nSPS) is 14.3. The van der Waals surface area contributed by atoms with Gasteiger partial charge < -0.3 is 0 Å². The van der Waals surface area contributed by atoms with Crippen molar-refractivity contribution in [3.05, 3.63) is 35.9 Å². The Kier molecular flexibility index (Phi) is 5.96. The lowest BCUT2D eigenvalue weighted by Crippen LogP contribution is -2.52. The summed E-state index contributed by atoms with van der Waals surface area (Å²) in [6.45, 7) is 2.18. The molecule has 124 valence electrons. The minimum absolute atomic E-state index is 0.105. The molecule has 0 bridgehead atoms. The van der Waals surface area contributed by atoms with Gasteiger partial charge in [0, 0.05) is 20.0 Å². The molecule has 1 aromatic rings. The van der Waals surface area contributed by atoms with E-state index < -0.39 is 12.1 Å². The summed E-state index contributed by atoms with van der Waals surface area (Å²) in [4.78, 5) is 44.1. The topological polar surface area (TPSA) is 76.2 Å². The number of carbonyl (C=O) groups excluding carboxylic acids is 3. The SMILES string of the molecule is CC(=O)N1CCCCN1C(=O)OOC(=O)CCc1ccccc1. The monoisotopic (exact) mass is 320 g/mol. The lowest BCUT2D eigenvalue weighted by Gasteiger charge is -2.36. The molecule has 1 aliphatic rings. The molecular formula is C16H20N2O5. The smallest absolute Gasteiger partial charge is 0.273 e. The van der Waals surface area contributed by atoms with E-state index in [2.05, 4.69) is 9.78 Å². The molecule has 0 unspecified atom stereocenters. The molecule has 7 heteroatoms. The molecule has 1 saturated heterocycles. The van der Waals surface area contributed by atoms with Crippen LogP contribution in [-0.2, 0) is 25.8 Å². The molecule has 2 rings (SSSR count). The summed E-state index contributed by atoms with van der Waals surface area (Å²) < 4.78 is 0. The molecule has 1 aliphatic heterocycles. The van der Waals surface area contributed by atoms with Gasteiger partial charge >= 0.3 is 12.1 Å². The van der Waals surface area contributed by atoms with Gasteiger partial charge in [0.25, 0.3) is 0 Å². The van der Waals surface area contributed by atoms with Crippen LogP contribution in [0.5, 0.6) is 0 Å². The molecular weight excluding hydrogens is 300 g/mol. The minimum Gasteiger partial charge on any atom is -0.273 e. The fourth-order valence-corrected chi connectivity index (χ4v) is 2.34. The zero-order valence-corrected chi connectivity index (χ0v) is 13.1. The van der Waals surface area contributed by atoms with Crippen LogP contribution in [0, 0.1) is 0 Å². The highest BCUT2D eigenvalue weighted by molar-refractivity contribution is 5.78. The van der Waals surface area contributed by atoms with Gasteiger partial charge in [-0.3, -0.25) is 4.79 Å². The maximum absolute atomic E-state index is 11.9. The van der Waals surface area contributed by atoms with Gasteiger partial charge in [0.15, 0.2) is 0 Å². The molecule has 1 fully saturated rings. The van der Waals surface area contributed by atoms with Crippen LogP contribution in [0.25, 0.3) is 0 Å². The second-order valence-corrected chi connectivity index (χ2v) is 5.26. The Balaban J connectivity index is 1.76. The molecule has 0 atom stereocenters. The van der Waals surface area contributed by atoms with Crippen LogP contribution in [0.1, 0.15) is 31.7 Å². The van der Waals surface area contributed by atoms with Gasteiger partial charge in [-0.1, -0.05) is 30.3 Å². The molecule has 0 aromatic heterocycles. The highest BCUT2D eigenvalue weighted by atomic mass is 17.2. The van der Waals surface area contributed by atoms with Crippen molar-refractivity contribution in [1.29, 1.82) is 0 Å². The van der Waals surface area contributed by atoms with E-state index in [0.717, 1.165) is 23.4 Å². The average Bonchev–Trinajstić information content (AvgIpc) is 2.58. The molecule has 23 heavy (non-hydrogen) atoms. The molecule has 0 aliphatic carbocycles. The number of aryl methyl sites for hydroxylation is 1. The Morgan fingerprint density at radius 2 is 1.65 bits per heavy atom. The standard InChI is InChI=1S/C16H20N2O5/c1-13(19)17-11-5-6-12-18(17)16(21)23-22-15(20)10-9-14-7-3-2-4-8-14/h2-4,7-8H,5-6,9-12H2,1H3. The van der Waals surface area contributed by atoms with Crippen LogP contribution >= 0.6 is 0 Å². The molecule has 0 radical (unpaired) electrons. The van der Waals surface area contributed by atoms with Gasteiger partial charge in [0.05, 0.1) is 6.42 Å². The highest BCUT2D eigenvalue weighted by Gasteiger charge is 2.29. The first-order valence-electron chi connectivity index (χ1n) is 7.58. The number of hydrogen-bond donors (Lipinski definition) is 0. The summed E-state index contributed by atoms with van der Waals surface area (Å²) in [7, 11) is 0. The predicted molar refractivity (Wildman–Crippen MR) is 80.7 cm³/mol. The Morgan fingerprint density at radius 1 is 1.00 bits per heavy atom. The van der Waals surface area contributed by atoms with Crippen LogP contribution in [-0.4, -0.2) is 41.1 Å². The quantitative estimate of drug-likeness (QED) is 0.629. The number of hydrazine groups is 1. The van der Waals surface area contributed by atoms with Gasteiger partial charge in [0.2, 0.25) is 5.91 Å². The van der Waals surface area contributed by atoms with Crippen molar-refractivity contribution in [3.63, 3.8) is 0 Å². The number of carbonyl (C=O) groups is 3. The summed E-state index contributed by atoms with van der Waals surface area (Å²) in [6, 6.07) is 9.46. The number of nitrogens with zero attached hydrogens (tertiary/aromatic N) is 2. The van der Waals surface area contributed by atoms with Crippen molar-refractivity contribution in [2.24, 2.45) is 0 Å². The van der Waals surface area contributed by atoms with Crippen molar-refractivity contribution in [3.8, 4) is 0 Å². The van der Waals surface area contributed by atoms with E-state index in [1.54, 1.807) is 0 Å². The summed E-state index contributed by atoms with van der Waals surface area (Å²) in [5, 5.41) is 2.46. The zero-order chi connectivity index (χ0) is 16.7. The predicted octanol–water partition coefficient (Wildman–Crippen LogP) is 2.07. The van der Waals surface area contributed by atoms with Crippen LogP contribution in [0.2, 0.25) is 0 Å². The average molecular weight is 320 g/mol. The van der Waals surface area contributed by atoms with Crippen LogP contribution in [0.4, 0.5) is 4.79 Å². The van der Waals surface area contributed by atoms with E-state index in [1.807, 2.05) is 30.3 Å². The molecule has 0 spiro atoms. The van der Waals surface area contributed by atoms with E-state index in [-0.39, 0.29) is 12.3 Å². The molecule has 2 amide bonds. The van der Waals surface area contributed by atoms with E-state index >= 15 is 0 Å². The molecule has 1 aromatic carbocycles. The first-order chi connectivity index (χ1) is 11.1. The Morgan fingerprint density at radius 3 is 2.30 bits per heavy atom. The third-order valence-corrected chi connectivity index (χ3v) is 3.52. The largest absolute Gasteiger partial charge is 0.471 e. The second kappa shape index (κ2) is 8.17.